The Balaban J connectivity index is 1.50. The molecule has 10 heteroatoms. The zero-order valence-corrected chi connectivity index (χ0v) is 18.3. The lowest BCUT2D eigenvalue weighted by molar-refractivity contribution is 0.0933. The summed E-state index contributed by atoms with van der Waals surface area (Å²) in [4.78, 5) is 32.0. The largest absolute Gasteiger partial charge is 0.342 e. The number of hydrogen-bond donors (Lipinski definition) is 2. The first-order chi connectivity index (χ1) is 15.5. The molecule has 2 aromatic heterocycles. The maximum absolute atomic E-state index is 13.9. The molecule has 32 heavy (non-hydrogen) atoms. The van der Waals surface area contributed by atoms with Crippen LogP contribution in [-0.2, 0) is 12.3 Å². The normalized spacial score (nSPS) is 12.1. The third-order valence-corrected chi connectivity index (χ3v) is 5.89. The van der Waals surface area contributed by atoms with Gasteiger partial charge in [0, 0.05) is 6.54 Å². The third-order valence-electron chi connectivity index (χ3n) is 4.91. The summed E-state index contributed by atoms with van der Waals surface area (Å²) in [5.74, 6) is 0.385. The monoisotopic (exact) mass is 452 g/mol. The Morgan fingerprint density at radius 3 is 2.72 bits per heavy atom. The number of amides is 1. The number of halogens is 1. The molecule has 2 heterocycles. The van der Waals surface area contributed by atoms with Gasteiger partial charge in [-0.25, -0.2) is 9.37 Å². The Bertz CT molecular complexity index is 1340. The number of benzene rings is 2. The number of rotatable bonds is 7. The van der Waals surface area contributed by atoms with Crippen LogP contribution in [0.1, 0.15) is 41.9 Å². The van der Waals surface area contributed by atoms with E-state index in [0.717, 1.165) is 0 Å². The maximum Gasteiger partial charge on any atom is 0.258 e. The smallest absolute Gasteiger partial charge is 0.258 e. The van der Waals surface area contributed by atoms with Gasteiger partial charge in [-0.15, -0.1) is 10.2 Å². The van der Waals surface area contributed by atoms with Crippen LogP contribution in [0, 0.1) is 5.82 Å². The number of carbonyl (C=O) groups excluding carboxylic acids is 1. The van der Waals surface area contributed by atoms with Crippen molar-refractivity contribution >= 4 is 28.6 Å². The van der Waals surface area contributed by atoms with Crippen LogP contribution in [0.15, 0.2) is 58.5 Å². The molecular formula is C22H21FN6O2S. The first-order valence-corrected chi connectivity index (χ1v) is 11.1. The summed E-state index contributed by atoms with van der Waals surface area (Å²) in [5.41, 5.74) is 0.421. The van der Waals surface area contributed by atoms with Crippen molar-refractivity contribution in [3.63, 3.8) is 0 Å². The fourth-order valence-electron chi connectivity index (χ4n) is 3.34. The molecule has 0 saturated carbocycles. The van der Waals surface area contributed by atoms with Crippen LogP contribution < -0.4 is 10.9 Å². The van der Waals surface area contributed by atoms with Crippen LogP contribution in [0.5, 0.6) is 0 Å². The van der Waals surface area contributed by atoms with E-state index in [1.165, 1.54) is 30.0 Å². The fraction of sp³-hybridized carbons (Fsp3) is 0.227. The van der Waals surface area contributed by atoms with Gasteiger partial charge in [-0.3, -0.25) is 9.59 Å². The van der Waals surface area contributed by atoms with Crippen molar-refractivity contribution in [1.82, 2.24) is 30.0 Å². The molecule has 1 amide bonds. The Kier molecular flexibility index (Phi) is 6.31. The molecule has 0 aliphatic carbocycles. The molecule has 8 nitrogen and oxygen atoms in total. The van der Waals surface area contributed by atoms with Crippen LogP contribution >= 0.6 is 11.8 Å². The highest BCUT2D eigenvalue weighted by atomic mass is 32.2. The topological polar surface area (TPSA) is 106 Å². The molecule has 4 rings (SSSR count). The first-order valence-electron chi connectivity index (χ1n) is 10.1. The first kappa shape index (κ1) is 21.7. The van der Waals surface area contributed by atoms with Gasteiger partial charge in [-0.2, -0.15) is 0 Å². The Hall–Kier alpha value is -3.53. The predicted molar refractivity (Wildman–Crippen MR) is 120 cm³/mol. The number of nitrogens with zero attached hydrogens (tertiary/aromatic N) is 4. The van der Waals surface area contributed by atoms with Crippen molar-refractivity contribution < 1.29 is 9.18 Å². The van der Waals surface area contributed by atoms with E-state index < -0.39 is 17.8 Å². The van der Waals surface area contributed by atoms with Crippen molar-refractivity contribution in [1.29, 1.82) is 0 Å². The molecule has 0 fully saturated rings. The van der Waals surface area contributed by atoms with E-state index in [9.17, 15) is 14.0 Å². The quantitative estimate of drug-likeness (QED) is 0.416. The van der Waals surface area contributed by atoms with E-state index in [1.807, 2.05) is 17.6 Å². The van der Waals surface area contributed by atoms with Gasteiger partial charge in [0.25, 0.3) is 11.5 Å². The molecule has 0 radical (unpaired) electrons. The van der Waals surface area contributed by atoms with Gasteiger partial charge in [0.2, 0.25) is 0 Å². The minimum atomic E-state index is -0.581. The average molecular weight is 453 g/mol. The standard InChI is InChI=1S/C22H21FN6O2S/c1-3-29-19(13(2)24-20(30)14-8-4-6-10-16(14)23)27-28-22(29)32-12-18-25-17-11-7-5-9-15(17)21(31)26-18/h4-11,13H,3,12H2,1-2H3,(H,24,30)(H,25,26,31)/t13-/m1/s1. The van der Waals surface area contributed by atoms with Crippen molar-refractivity contribution in [3.05, 3.63) is 81.9 Å². The Morgan fingerprint density at radius 2 is 1.94 bits per heavy atom. The van der Waals surface area contributed by atoms with Crippen molar-refractivity contribution in [3.8, 4) is 0 Å². The van der Waals surface area contributed by atoms with Crippen LogP contribution in [0.4, 0.5) is 4.39 Å². The van der Waals surface area contributed by atoms with E-state index in [1.54, 1.807) is 31.2 Å². The van der Waals surface area contributed by atoms with Gasteiger partial charge in [0.05, 0.1) is 28.3 Å². The van der Waals surface area contributed by atoms with E-state index in [4.69, 9.17) is 0 Å². The Labute approximate surface area is 187 Å². The lowest BCUT2D eigenvalue weighted by atomic mass is 10.2. The summed E-state index contributed by atoms with van der Waals surface area (Å²) in [6, 6.07) is 12.5. The van der Waals surface area contributed by atoms with Crippen LogP contribution in [0.2, 0.25) is 0 Å². The second-order valence-corrected chi connectivity index (χ2v) is 8.02. The highest BCUT2D eigenvalue weighted by molar-refractivity contribution is 7.98. The summed E-state index contributed by atoms with van der Waals surface area (Å²) in [5, 5.41) is 12.4. The molecule has 0 aliphatic heterocycles. The number of para-hydroxylation sites is 1. The fourth-order valence-corrected chi connectivity index (χ4v) is 4.22. The molecule has 0 saturated heterocycles. The van der Waals surface area contributed by atoms with Gasteiger partial charge in [-0.1, -0.05) is 36.0 Å². The predicted octanol–water partition coefficient (Wildman–Crippen LogP) is 3.46. The number of thioether (sulfide) groups is 1. The molecule has 1 atom stereocenters. The number of aromatic nitrogens is 5. The third kappa shape index (κ3) is 4.40. The zero-order chi connectivity index (χ0) is 22.7. The summed E-state index contributed by atoms with van der Waals surface area (Å²) in [6.45, 7) is 4.29. The van der Waals surface area contributed by atoms with Gasteiger partial charge >= 0.3 is 0 Å². The van der Waals surface area contributed by atoms with Crippen molar-refractivity contribution in [2.24, 2.45) is 0 Å². The number of aromatic amines is 1. The molecule has 0 bridgehead atoms. The molecule has 2 aromatic carbocycles. The molecular weight excluding hydrogens is 431 g/mol. The van der Waals surface area contributed by atoms with Crippen molar-refractivity contribution in [2.75, 3.05) is 0 Å². The summed E-state index contributed by atoms with van der Waals surface area (Å²) in [6.07, 6.45) is 0. The van der Waals surface area contributed by atoms with Gasteiger partial charge in [0.1, 0.15) is 11.6 Å². The van der Waals surface area contributed by atoms with E-state index in [-0.39, 0.29) is 11.1 Å². The molecule has 4 aromatic rings. The van der Waals surface area contributed by atoms with Crippen molar-refractivity contribution in [2.45, 2.75) is 37.3 Å². The second-order valence-electron chi connectivity index (χ2n) is 7.08. The van der Waals surface area contributed by atoms with Crippen LogP contribution in [0.25, 0.3) is 10.9 Å². The van der Waals surface area contributed by atoms with E-state index in [2.05, 4.69) is 25.5 Å². The number of hydrogen-bond acceptors (Lipinski definition) is 6. The minimum Gasteiger partial charge on any atom is -0.342 e. The van der Waals surface area contributed by atoms with Gasteiger partial charge < -0.3 is 14.9 Å². The van der Waals surface area contributed by atoms with Crippen LogP contribution in [-0.4, -0.2) is 30.6 Å². The summed E-state index contributed by atoms with van der Waals surface area (Å²) < 4.78 is 15.8. The molecule has 0 unspecified atom stereocenters. The van der Waals surface area contributed by atoms with Gasteiger partial charge in [-0.05, 0) is 38.1 Å². The number of carbonyl (C=O) groups is 1. The number of fused-ring (bicyclic) bond motifs is 1. The van der Waals surface area contributed by atoms with Gasteiger partial charge in [0.15, 0.2) is 11.0 Å². The lowest BCUT2D eigenvalue weighted by Gasteiger charge is -2.15. The second kappa shape index (κ2) is 9.31. The Morgan fingerprint density at radius 1 is 1.19 bits per heavy atom. The van der Waals surface area contributed by atoms with Crippen LogP contribution in [0.3, 0.4) is 0 Å². The average Bonchev–Trinajstić information content (AvgIpc) is 3.21. The minimum absolute atomic E-state index is 0.0251. The maximum atomic E-state index is 13.9. The van der Waals surface area contributed by atoms with E-state index >= 15 is 0 Å². The highest BCUT2D eigenvalue weighted by Crippen LogP contribution is 2.23. The lowest BCUT2D eigenvalue weighted by Crippen LogP contribution is -2.29. The zero-order valence-electron chi connectivity index (χ0n) is 17.5. The molecule has 0 aliphatic rings. The summed E-state index contributed by atoms with van der Waals surface area (Å²) in [7, 11) is 0. The highest BCUT2D eigenvalue weighted by Gasteiger charge is 2.21. The molecule has 164 valence electrons. The molecule has 2 N–H and O–H groups in total. The summed E-state index contributed by atoms with van der Waals surface area (Å²) >= 11 is 1.38. The molecule has 0 spiro atoms. The number of H-pyrrole nitrogens is 1. The SMILES string of the molecule is CCn1c(SCc2nc3ccccc3c(=O)[nH]2)nnc1[C@@H](C)NC(=O)c1ccccc1F. The number of nitrogens with one attached hydrogen (secondary N) is 2. The van der Waals surface area contributed by atoms with E-state index in [0.29, 0.717) is 40.0 Å².